The lowest BCUT2D eigenvalue weighted by Crippen LogP contribution is -2.31. The van der Waals surface area contributed by atoms with Crippen LogP contribution in [-0.4, -0.2) is 23.0 Å². The Morgan fingerprint density at radius 2 is 2.00 bits per heavy atom. The molecule has 0 saturated carbocycles. The fourth-order valence-electron chi connectivity index (χ4n) is 2.10. The Hall–Kier alpha value is -1.59. The molecule has 4 N–H and O–H groups in total. The number of carboxylic acid groups (broad SMARTS) is 1. The molecule has 1 unspecified atom stereocenters. The monoisotopic (exact) mass is 312 g/mol. The van der Waals surface area contributed by atoms with Crippen molar-refractivity contribution in [3.05, 3.63) is 28.8 Å². The summed E-state index contributed by atoms with van der Waals surface area (Å²) in [6, 6.07) is 4.03. The quantitative estimate of drug-likeness (QED) is 0.778. The number of rotatable bonds is 5. The fourth-order valence-corrected chi connectivity index (χ4v) is 2.27. The van der Waals surface area contributed by atoms with Gasteiger partial charge in [0.15, 0.2) is 0 Å². The molecule has 21 heavy (non-hydrogen) atoms. The summed E-state index contributed by atoms with van der Waals surface area (Å²) in [5, 5.41) is 12.0. The molecule has 1 atom stereocenters. The van der Waals surface area contributed by atoms with Crippen LogP contribution in [0.15, 0.2) is 18.2 Å². The maximum absolute atomic E-state index is 12.0. The summed E-state index contributed by atoms with van der Waals surface area (Å²) in [6.07, 6.45) is 0.839. The van der Waals surface area contributed by atoms with Gasteiger partial charge in [-0.25, -0.2) is 4.79 Å². The zero-order valence-corrected chi connectivity index (χ0v) is 13.2. The zero-order chi connectivity index (χ0) is 16.2. The van der Waals surface area contributed by atoms with Crippen LogP contribution in [0.2, 0.25) is 5.02 Å². The van der Waals surface area contributed by atoms with E-state index in [0.717, 1.165) is 0 Å². The summed E-state index contributed by atoms with van der Waals surface area (Å²) >= 11 is 5.76. The third-order valence-corrected chi connectivity index (χ3v) is 3.04. The van der Waals surface area contributed by atoms with Crippen LogP contribution in [0.25, 0.3) is 0 Å². The lowest BCUT2D eigenvalue weighted by Gasteiger charge is -2.22. The van der Waals surface area contributed by atoms with Gasteiger partial charge in [0.05, 0.1) is 11.3 Å². The maximum atomic E-state index is 12.0. The maximum Gasteiger partial charge on any atom is 0.337 e. The van der Waals surface area contributed by atoms with Gasteiger partial charge in [-0.2, -0.15) is 0 Å². The minimum absolute atomic E-state index is 0.0339. The second kappa shape index (κ2) is 6.91. The predicted octanol–water partition coefficient (Wildman–Crippen LogP) is 3.13. The van der Waals surface area contributed by atoms with Crippen molar-refractivity contribution >= 4 is 29.2 Å². The molecule has 0 aliphatic heterocycles. The van der Waals surface area contributed by atoms with Gasteiger partial charge >= 0.3 is 5.97 Å². The molecule has 1 rings (SSSR count). The Balaban J connectivity index is 2.73. The molecule has 5 nitrogen and oxygen atoms in total. The van der Waals surface area contributed by atoms with Gasteiger partial charge in [0.2, 0.25) is 5.91 Å². The molecular weight excluding hydrogens is 292 g/mol. The van der Waals surface area contributed by atoms with Crippen molar-refractivity contribution in [1.29, 1.82) is 0 Å². The van der Waals surface area contributed by atoms with Crippen LogP contribution in [0, 0.1) is 5.41 Å². The van der Waals surface area contributed by atoms with Crippen molar-refractivity contribution in [3.8, 4) is 0 Å². The molecular formula is C15H21ClN2O3. The molecule has 1 amide bonds. The van der Waals surface area contributed by atoms with Crippen LogP contribution >= 0.6 is 11.6 Å². The van der Waals surface area contributed by atoms with Crippen LogP contribution in [0.4, 0.5) is 5.69 Å². The SMILES string of the molecule is CC(C)(C)CC(N)CC(=O)Nc1ccc(Cl)cc1C(=O)O. The van der Waals surface area contributed by atoms with Gasteiger partial charge in [0.25, 0.3) is 0 Å². The molecule has 0 aliphatic rings. The second-order valence-electron chi connectivity index (χ2n) is 6.27. The van der Waals surface area contributed by atoms with Gasteiger partial charge in [-0.1, -0.05) is 32.4 Å². The highest BCUT2D eigenvalue weighted by atomic mass is 35.5. The minimum atomic E-state index is -1.15. The van der Waals surface area contributed by atoms with Crippen LogP contribution in [0.5, 0.6) is 0 Å². The van der Waals surface area contributed by atoms with E-state index in [2.05, 4.69) is 5.32 Å². The van der Waals surface area contributed by atoms with Crippen molar-refractivity contribution < 1.29 is 14.7 Å². The number of carbonyl (C=O) groups excluding carboxylic acids is 1. The van der Waals surface area contributed by atoms with E-state index in [9.17, 15) is 9.59 Å². The van der Waals surface area contributed by atoms with Crippen LogP contribution in [0.3, 0.4) is 0 Å². The number of carboxylic acids is 1. The van der Waals surface area contributed by atoms with Gasteiger partial charge in [0.1, 0.15) is 0 Å². The topological polar surface area (TPSA) is 92.4 Å². The molecule has 0 heterocycles. The number of nitrogens with two attached hydrogens (primary N) is 1. The third-order valence-electron chi connectivity index (χ3n) is 2.81. The minimum Gasteiger partial charge on any atom is -0.478 e. The van der Waals surface area contributed by atoms with Gasteiger partial charge < -0.3 is 16.2 Å². The van der Waals surface area contributed by atoms with Gasteiger partial charge in [0, 0.05) is 17.5 Å². The fraction of sp³-hybridized carbons (Fsp3) is 0.467. The van der Waals surface area contributed by atoms with Crippen molar-refractivity contribution in [2.24, 2.45) is 11.1 Å². The van der Waals surface area contributed by atoms with Crippen molar-refractivity contribution in [1.82, 2.24) is 0 Å². The number of hydrogen-bond donors (Lipinski definition) is 3. The number of halogens is 1. The van der Waals surface area contributed by atoms with Crippen molar-refractivity contribution in [3.63, 3.8) is 0 Å². The summed E-state index contributed by atoms with van der Waals surface area (Å²) < 4.78 is 0. The summed E-state index contributed by atoms with van der Waals surface area (Å²) in [4.78, 5) is 23.1. The lowest BCUT2D eigenvalue weighted by atomic mass is 9.87. The molecule has 1 aromatic carbocycles. The first-order valence-corrected chi connectivity index (χ1v) is 7.04. The Kier molecular flexibility index (Phi) is 5.75. The lowest BCUT2D eigenvalue weighted by molar-refractivity contribution is -0.116. The largest absolute Gasteiger partial charge is 0.478 e. The van der Waals surface area contributed by atoms with E-state index in [0.29, 0.717) is 11.4 Å². The first-order chi connectivity index (χ1) is 9.58. The average molecular weight is 313 g/mol. The summed E-state index contributed by atoms with van der Waals surface area (Å²) in [5.41, 5.74) is 6.15. The van der Waals surface area contributed by atoms with Gasteiger partial charge in [-0.15, -0.1) is 0 Å². The molecule has 0 spiro atoms. The Labute approximate surface area is 129 Å². The van der Waals surface area contributed by atoms with E-state index >= 15 is 0 Å². The number of benzene rings is 1. The first kappa shape index (κ1) is 17.5. The Morgan fingerprint density at radius 1 is 1.38 bits per heavy atom. The Morgan fingerprint density at radius 3 is 2.52 bits per heavy atom. The smallest absolute Gasteiger partial charge is 0.337 e. The molecule has 0 aliphatic carbocycles. The number of hydrogen-bond acceptors (Lipinski definition) is 3. The average Bonchev–Trinajstić information content (AvgIpc) is 2.28. The molecule has 1 aromatic rings. The zero-order valence-electron chi connectivity index (χ0n) is 12.4. The second-order valence-corrected chi connectivity index (χ2v) is 6.71. The highest BCUT2D eigenvalue weighted by molar-refractivity contribution is 6.31. The highest BCUT2D eigenvalue weighted by Gasteiger charge is 2.19. The van der Waals surface area contributed by atoms with Crippen LogP contribution < -0.4 is 11.1 Å². The number of amides is 1. The van der Waals surface area contributed by atoms with Gasteiger partial charge in [-0.3, -0.25) is 4.79 Å². The van der Waals surface area contributed by atoms with E-state index in [4.69, 9.17) is 22.4 Å². The van der Waals surface area contributed by atoms with E-state index < -0.39 is 5.97 Å². The summed E-state index contributed by atoms with van der Waals surface area (Å²) in [5.74, 6) is -1.46. The predicted molar refractivity (Wildman–Crippen MR) is 83.7 cm³/mol. The molecule has 0 bridgehead atoms. The van der Waals surface area contributed by atoms with E-state index in [1.54, 1.807) is 0 Å². The standard InChI is InChI=1S/C15H21ClN2O3/c1-15(2,3)8-10(17)7-13(19)18-12-5-4-9(16)6-11(12)14(20)21/h4-6,10H,7-8,17H2,1-3H3,(H,18,19)(H,20,21). The highest BCUT2D eigenvalue weighted by Crippen LogP contribution is 2.23. The molecule has 6 heteroatoms. The number of carbonyl (C=O) groups is 2. The van der Waals surface area contributed by atoms with Crippen LogP contribution in [-0.2, 0) is 4.79 Å². The van der Waals surface area contributed by atoms with Crippen LogP contribution in [0.1, 0.15) is 44.0 Å². The van der Waals surface area contributed by atoms with E-state index in [1.807, 2.05) is 20.8 Å². The molecule has 0 aromatic heterocycles. The van der Waals surface area contributed by atoms with Gasteiger partial charge in [-0.05, 0) is 30.0 Å². The first-order valence-electron chi connectivity index (χ1n) is 6.67. The van der Waals surface area contributed by atoms with E-state index in [1.165, 1.54) is 18.2 Å². The Bertz CT molecular complexity index is 538. The number of anilines is 1. The van der Waals surface area contributed by atoms with E-state index in [-0.39, 0.29) is 35.0 Å². The molecule has 0 fully saturated rings. The molecule has 116 valence electrons. The summed E-state index contributed by atoms with van der Waals surface area (Å²) in [7, 11) is 0. The van der Waals surface area contributed by atoms with Crippen molar-refractivity contribution in [2.75, 3.05) is 5.32 Å². The normalized spacial score (nSPS) is 12.8. The molecule has 0 radical (unpaired) electrons. The van der Waals surface area contributed by atoms with Crippen molar-refractivity contribution in [2.45, 2.75) is 39.7 Å². The molecule has 0 saturated heterocycles. The number of aromatic carboxylic acids is 1. The third kappa shape index (κ3) is 6.14. The summed E-state index contributed by atoms with van der Waals surface area (Å²) in [6.45, 7) is 6.14. The number of nitrogens with one attached hydrogen (secondary N) is 1.